The van der Waals surface area contributed by atoms with Gasteiger partial charge in [-0.15, -0.1) is 0 Å². The molecule has 0 radical (unpaired) electrons. The van der Waals surface area contributed by atoms with Crippen LogP contribution < -0.4 is 0 Å². The molecule has 0 aromatic heterocycles. The molecule has 0 amide bonds. The van der Waals surface area contributed by atoms with E-state index in [1.165, 1.54) is 37.7 Å². The van der Waals surface area contributed by atoms with Crippen molar-refractivity contribution in [3.8, 4) is 0 Å². The second-order valence-electron chi connectivity index (χ2n) is 13.5. The van der Waals surface area contributed by atoms with Gasteiger partial charge in [0.05, 0.1) is 0 Å². The molecular formula is C31H48O. The highest BCUT2D eigenvalue weighted by Crippen LogP contribution is 2.71. The standard InChI is InChI=1S/C31H48O/c1-20(2)21(3)10-11-22(4)23-14-18-31(9)25-12-13-26-28(5,6)27(32)16-17-29(26,7)24(25)15-19-30(23,31)8/h12,15,20,22-23,26H,3,10-11,13-14,16-19H2,1-2,4-9H3. The zero-order valence-electron chi connectivity index (χ0n) is 22.2. The van der Waals surface area contributed by atoms with E-state index >= 15 is 0 Å². The molecule has 6 atom stereocenters. The first-order valence-electron chi connectivity index (χ1n) is 13.4. The first-order chi connectivity index (χ1) is 14.8. The van der Waals surface area contributed by atoms with Gasteiger partial charge in [-0.05, 0) is 96.0 Å². The number of ketones is 1. The second-order valence-corrected chi connectivity index (χ2v) is 13.5. The highest BCUT2D eigenvalue weighted by Gasteiger charge is 2.63. The Morgan fingerprint density at radius 3 is 2.41 bits per heavy atom. The Kier molecular flexibility index (Phi) is 5.79. The van der Waals surface area contributed by atoms with Gasteiger partial charge in [0, 0.05) is 11.8 Å². The van der Waals surface area contributed by atoms with Gasteiger partial charge in [-0.3, -0.25) is 4.79 Å². The number of hydrogen-bond donors (Lipinski definition) is 0. The SMILES string of the molecule is C=C(CCC(C)C1CCC2(C)C3=CCC4C(C)(C)C(=O)CCC4(C)C3=CCC12C)C(C)C. The van der Waals surface area contributed by atoms with Crippen molar-refractivity contribution in [2.24, 2.45) is 45.3 Å². The number of allylic oxidation sites excluding steroid dienone is 5. The predicted molar refractivity (Wildman–Crippen MR) is 136 cm³/mol. The van der Waals surface area contributed by atoms with Crippen molar-refractivity contribution in [3.05, 3.63) is 35.5 Å². The van der Waals surface area contributed by atoms with E-state index in [1.54, 1.807) is 11.1 Å². The lowest BCUT2D eigenvalue weighted by molar-refractivity contribution is -0.138. The minimum Gasteiger partial charge on any atom is -0.299 e. The first kappa shape index (κ1) is 24.0. The normalized spacial score (nSPS) is 41.3. The highest BCUT2D eigenvalue weighted by atomic mass is 16.1. The summed E-state index contributed by atoms with van der Waals surface area (Å²) in [6, 6.07) is 0. The summed E-state index contributed by atoms with van der Waals surface area (Å²) in [5.74, 6) is 3.03. The summed E-state index contributed by atoms with van der Waals surface area (Å²) in [5, 5.41) is 0. The molecule has 2 fully saturated rings. The molecule has 0 bridgehead atoms. The van der Waals surface area contributed by atoms with Crippen LogP contribution in [0.3, 0.4) is 0 Å². The molecule has 1 nitrogen and oxygen atoms in total. The van der Waals surface area contributed by atoms with Gasteiger partial charge in [0.15, 0.2) is 0 Å². The molecule has 0 spiro atoms. The average Bonchev–Trinajstić information content (AvgIpc) is 3.00. The minimum absolute atomic E-state index is 0.157. The van der Waals surface area contributed by atoms with Crippen molar-refractivity contribution in [1.82, 2.24) is 0 Å². The average molecular weight is 437 g/mol. The van der Waals surface area contributed by atoms with Gasteiger partial charge >= 0.3 is 0 Å². The number of fused-ring (bicyclic) bond motifs is 5. The zero-order valence-corrected chi connectivity index (χ0v) is 22.2. The lowest BCUT2D eigenvalue weighted by atomic mass is 9.44. The van der Waals surface area contributed by atoms with Gasteiger partial charge in [0.2, 0.25) is 0 Å². The molecule has 4 rings (SSSR count). The molecule has 2 saturated carbocycles. The van der Waals surface area contributed by atoms with E-state index in [0.717, 1.165) is 31.1 Å². The maximum absolute atomic E-state index is 12.8. The van der Waals surface area contributed by atoms with E-state index in [4.69, 9.17) is 0 Å². The summed E-state index contributed by atoms with van der Waals surface area (Å²) in [5.41, 5.74) is 5.26. The lowest BCUT2D eigenvalue weighted by Crippen LogP contribution is -2.53. The summed E-state index contributed by atoms with van der Waals surface area (Å²) < 4.78 is 0. The van der Waals surface area contributed by atoms with Crippen molar-refractivity contribution in [3.63, 3.8) is 0 Å². The first-order valence-corrected chi connectivity index (χ1v) is 13.4. The van der Waals surface area contributed by atoms with Gasteiger partial charge in [0.1, 0.15) is 5.78 Å². The van der Waals surface area contributed by atoms with E-state index in [-0.39, 0.29) is 16.2 Å². The molecular weight excluding hydrogens is 388 g/mol. The van der Waals surface area contributed by atoms with Crippen LogP contribution in [0.15, 0.2) is 35.5 Å². The molecule has 0 aromatic carbocycles. The van der Waals surface area contributed by atoms with Gasteiger partial charge in [-0.2, -0.15) is 0 Å². The van der Waals surface area contributed by atoms with E-state index in [2.05, 4.69) is 74.1 Å². The lowest BCUT2D eigenvalue weighted by Gasteiger charge is -2.59. The quantitative estimate of drug-likeness (QED) is 0.394. The van der Waals surface area contributed by atoms with E-state index < -0.39 is 0 Å². The zero-order chi connectivity index (χ0) is 23.7. The molecule has 32 heavy (non-hydrogen) atoms. The fraction of sp³-hybridized carbons (Fsp3) is 0.774. The van der Waals surface area contributed by atoms with Crippen LogP contribution in [0, 0.1) is 45.3 Å². The molecule has 0 heterocycles. The molecule has 178 valence electrons. The summed E-state index contributed by atoms with van der Waals surface area (Å²) in [6.07, 6.45) is 14.4. The third-order valence-electron chi connectivity index (χ3n) is 11.5. The molecule has 0 saturated heterocycles. The largest absolute Gasteiger partial charge is 0.299 e. The van der Waals surface area contributed by atoms with Crippen LogP contribution in [0.1, 0.15) is 107 Å². The van der Waals surface area contributed by atoms with Crippen LogP contribution in [0.4, 0.5) is 0 Å². The van der Waals surface area contributed by atoms with E-state index in [0.29, 0.717) is 23.0 Å². The Hall–Kier alpha value is -1.11. The molecule has 0 N–H and O–H groups in total. The van der Waals surface area contributed by atoms with Crippen molar-refractivity contribution < 1.29 is 4.79 Å². The summed E-state index contributed by atoms with van der Waals surface area (Å²) in [6.45, 7) is 23.5. The number of carbonyl (C=O) groups excluding carboxylic acids is 1. The van der Waals surface area contributed by atoms with Crippen LogP contribution >= 0.6 is 0 Å². The number of hydrogen-bond acceptors (Lipinski definition) is 1. The summed E-state index contributed by atoms with van der Waals surface area (Å²) in [7, 11) is 0. The van der Waals surface area contributed by atoms with Crippen LogP contribution in [0.25, 0.3) is 0 Å². The predicted octanol–water partition coefficient (Wildman–Crippen LogP) is 8.71. The minimum atomic E-state index is -0.205. The monoisotopic (exact) mass is 436 g/mol. The fourth-order valence-corrected chi connectivity index (χ4v) is 8.66. The second kappa shape index (κ2) is 7.71. The summed E-state index contributed by atoms with van der Waals surface area (Å²) in [4.78, 5) is 12.8. The Morgan fingerprint density at radius 1 is 1.06 bits per heavy atom. The van der Waals surface area contributed by atoms with E-state index in [1.807, 2.05) is 0 Å². The Bertz CT molecular complexity index is 869. The third-order valence-corrected chi connectivity index (χ3v) is 11.5. The van der Waals surface area contributed by atoms with Crippen molar-refractivity contribution in [2.45, 2.75) is 107 Å². The number of Topliss-reactive ketones (excluding diaryl/α,β-unsaturated/α-hetero) is 1. The number of rotatable bonds is 5. The maximum Gasteiger partial charge on any atom is 0.138 e. The van der Waals surface area contributed by atoms with E-state index in [9.17, 15) is 4.79 Å². The van der Waals surface area contributed by atoms with Crippen molar-refractivity contribution in [2.75, 3.05) is 0 Å². The smallest absolute Gasteiger partial charge is 0.138 e. The molecule has 0 aromatic rings. The Morgan fingerprint density at radius 2 is 1.75 bits per heavy atom. The highest BCUT2D eigenvalue weighted by molar-refractivity contribution is 5.86. The van der Waals surface area contributed by atoms with Gasteiger partial charge in [-0.25, -0.2) is 0 Å². The van der Waals surface area contributed by atoms with Crippen LogP contribution in [-0.4, -0.2) is 5.78 Å². The van der Waals surface area contributed by atoms with Crippen molar-refractivity contribution in [1.29, 1.82) is 0 Å². The van der Waals surface area contributed by atoms with Crippen molar-refractivity contribution >= 4 is 5.78 Å². The van der Waals surface area contributed by atoms with Gasteiger partial charge in [0.25, 0.3) is 0 Å². The van der Waals surface area contributed by atoms with Crippen LogP contribution in [0.2, 0.25) is 0 Å². The molecule has 1 heteroatoms. The molecule has 0 aliphatic heterocycles. The van der Waals surface area contributed by atoms with Gasteiger partial charge < -0.3 is 0 Å². The molecule has 4 aliphatic rings. The van der Waals surface area contributed by atoms with Crippen LogP contribution in [-0.2, 0) is 4.79 Å². The Labute approximate surface area is 198 Å². The molecule has 4 aliphatic carbocycles. The summed E-state index contributed by atoms with van der Waals surface area (Å²) >= 11 is 0. The topological polar surface area (TPSA) is 17.1 Å². The molecule has 6 unspecified atom stereocenters. The van der Waals surface area contributed by atoms with Crippen LogP contribution in [0.5, 0.6) is 0 Å². The maximum atomic E-state index is 12.8. The number of carbonyl (C=O) groups is 1. The van der Waals surface area contributed by atoms with Gasteiger partial charge in [-0.1, -0.05) is 79.7 Å². The Balaban J connectivity index is 1.64. The third kappa shape index (κ3) is 3.19. The fourth-order valence-electron chi connectivity index (χ4n) is 8.66.